The second-order valence-corrected chi connectivity index (χ2v) is 4.70. The van der Waals surface area contributed by atoms with Crippen molar-refractivity contribution in [3.63, 3.8) is 0 Å². The van der Waals surface area contributed by atoms with Gasteiger partial charge in [0.15, 0.2) is 0 Å². The molecule has 1 heterocycles. The molecule has 2 aromatic rings. The van der Waals surface area contributed by atoms with Crippen LogP contribution in [-0.2, 0) is 7.05 Å². The molecular weight excluding hydrogens is 266 g/mol. The summed E-state index contributed by atoms with van der Waals surface area (Å²) >= 11 is 5.90. The number of nitrogens with zero attached hydrogens (tertiary/aromatic N) is 1. The highest BCUT2D eigenvalue weighted by atomic mass is 35.5. The van der Waals surface area contributed by atoms with Crippen LogP contribution in [0.15, 0.2) is 35.3 Å². The van der Waals surface area contributed by atoms with Gasteiger partial charge in [0.05, 0.1) is 0 Å². The van der Waals surface area contributed by atoms with Crippen LogP contribution in [0.25, 0.3) is 11.1 Å². The number of aromatic nitrogens is 1. The Morgan fingerprint density at radius 1 is 1.37 bits per heavy atom. The van der Waals surface area contributed by atoms with Gasteiger partial charge in [-0.2, -0.15) is 0 Å². The number of carboxylic acid groups (broad SMARTS) is 1. The lowest BCUT2D eigenvalue weighted by molar-refractivity contribution is 0.0693. The summed E-state index contributed by atoms with van der Waals surface area (Å²) in [5.74, 6) is -1.22. The van der Waals surface area contributed by atoms with Crippen LogP contribution in [0, 0.1) is 6.92 Å². The highest BCUT2D eigenvalue weighted by Gasteiger charge is 2.18. The Bertz CT molecular complexity index is 719. The number of benzene rings is 1. The summed E-state index contributed by atoms with van der Waals surface area (Å²) in [6.45, 7) is 1.60. The second-order valence-electron chi connectivity index (χ2n) is 4.26. The molecule has 1 aromatic carbocycles. The summed E-state index contributed by atoms with van der Waals surface area (Å²) in [5, 5.41) is 9.65. The van der Waals surface area contributed by atoms with E-state index in [1.165, 1.54) is 0 Å². The number of pyridine rings is 1. The molecule has 0 aliphatic heterocycles. The number of hydrogen-bond donors (Lipinski definition) is 1. The first-order chi connectivity index (χ1) is 8.91. The Kier molecular flexibility index (Phi) is 3.44. The predicted octanol–water partition coefficient (Wildman–Crippen LogP) is 2.71. The van der Waals surface area contributed by atoms with Crippen molar-refractivity contribution in [2.45, 2.75) is 6.92 Å². The zero-order valence-corrected chi connectivity index (χ0v) is 11.2. The summed E-state index contributed by atoms with van der Waals surface area (Å²) in [7, 11) is 1.70. The van der Waals surface area contributed by atoms with Gasteiger partial charge >= 0.3 is 5.97 Å². The smallest absolute Gasteiger partial charge is 0.341 e. The summed E-state index contributed by atoms with van der Waals surface area (Å²) in [4.78, 5) is 23.5. The molecule has 0 saturated carbocycles. The molecule has 0 amide bonds. The number of aromatic carboxylic acids is 1. The Labute approximate surface area is 114 Å². The van der Waals surface area contributed by atoms with E-state index in [2.05, 4.69) is 0 Å². The minimum Gasteiger partial charge on any atom is -0.477 e. The largest absolute Gasteiger partial charge is 0.477 e. The van der Waals surface area contributed by atoms with Gasteiger partial charge in [-0.1, -0.05) is 23.7 Å². The monoisotopic (exact) mass is 277 g/mol. The van der Waals surface area contributed by atoms with E-state index in [4.69, 9.17) is 16.7 Å². The lowest BCUT2D eigenvalue weighted by atomic mass is 10.0. The molecule has 0 spiro atoms. The van der Waals surface area contributed by atoms with E-state index in [0.717, 1.165) is 0 Å². The fourth-order valence-corrected chi connectivity index (χ4v) is 2.13. The third-order valence-corrected chi connectivity index (χ3v) is 3.27. The Balaban J connectivity index is 2.79. The minimum absolute atomic E-state index is 0.208. The number of aryl methyl sites for hydroxylation is 1. The molecular formula is C14H12ClNO3. The normalized spacial score (nSPS) is 10.5. The zero-order chi connectivity index (χ0) is 14.2. The van der Waals surface area contributed by atoms with Gasteiger partial charge in [0.25, 0.3) is 0 Å². The van der Waals surface area contributed by atoms with Gasteiger partial charge in [0, 0.05) is 29.5 Å². The Morgan fingerprint density at radius 3 is 2.63 bits per heavy atom. The topological polar surface area (TPSA) is 59.3 Å². The first kappa shape index (κ1) is 13.4. The van der Waals surface area contributed by atoms with Crippen LogP contribution in [0.4, 0.5) is 0 Å². The van der Waals surface area contributed by atoms with Crippen molar-refractivity contribution in [2.24, 2.45) is 7.05 Å². The molecule has 0 radical (unpaired) electrons. The zero-order valence-electron chi connectivity index (χ0n) is 10.5. The van der Waals surface area contributed by atoms with Crippen LogP contribution in [-0.4, -0.2) is 15.6 Å². The molecule has 2 rings (SSSR count). The number of hydrogen-bond acceptors (Lipinski definition) is 2. The molecule has 0 saturated heterocycles. The summed E-state index contributed by atoms with van der Waals surface area (Å²) < 4.78 is 1.63. The maximum atomic E-state index is 12.3. The second kappa shape index (κ2) is 4.90. The molecule has 1 aromatic heterocycles. The molecule has 0 aliphatic rings. The van der Waals surface area contributed by atoms with Crippen LogP contribution in [0.1, 0.15) is 16.1 Å². The molecule has 4 nitrogen and oxygen atoms in total. The van der Waals surface area contributed by atoms with Crippen LogP contribution < -0.4 is 5.43 Å². The number of halogens is 1. The van der Waals surface area contributed by atoms with E-state index in [9.17, 15) is 9.59 Å². The highest BCUT2D eigenvalue weighted by molar-refractivity contribution is 6.30. The van der Waals surface area contributed by atoms with Crippen LogP contribution in [0.2, 0.25) is 5.02 Å². The number of carboxylic acids is 1. The summed E-state index contributed by atoms with van der Waals surface area (Å²) in [6.07, 6.45) is 1.62. The lowest BCUT2D eigenvalue weighted by Crippen LogP contribution is -2.22. The van der Waals surface area contributed by atoms with Crippen molar-refractivity contribution in [3.05, 3.63) is 57.0 Å². The van der Waals surface area contributed by atoms with Gasteiger partial charge in [0.2, 0.25) is 5.43 Å². The standard InChI is InChI=1S/C14H12ClNO3/c1-8-12(14(18)19)13(17)11(7-16(8)2)9-4-3-5-10(15)6-9/h3-7H,1-2H3,(H,18,19). The Hall–Kier alpha value is -2.07. The van der Waals surface area contributed by atoms with Crippen LogP contribution in [0.3, 0.4) is 0 Å². The minimum atomic E-state index is -1.22. The average molecular weight is 278 g/mol. The number of rotatable bonds is 2. The fraction of sp³-hybridized carbons (Fsp3) is 0.143. The number of carbonyl (C=O) groups is 1. The molecule has 0 fully saturated rings. The van der Waals surface area contributed by atoms with Gasteiger partial charge in [0.1, 0.15) is 5.56 Å². The molecule has 0 bridgehead atoms. The maximum absolute atomic E-state index is 12.3. The molecule has 19 heavy (non-hydrogen) atoms. The van der Waals surface area contributed by atoms with Crippen molar-refractivity contribution in [1.82, 2.24) is 4.57 Å². The van der Waals surface area contributed by atoms with Crippen LogP contribution in [0.5, 0.6) is 0 Å². The molecule has 98 valence electrons. The molecule has 0 atom stereocenters. The van der Waals surface area contributed by atoms with Gasteiger partial charge in [-0.25, -0.2) is 4.79 Å². The first-order valence-electron chi connectivity index (χ1n) is 5.61. The van der Waals surface area contributed by atoms with Gasteiger partial charge < -0.3 is 9.67 Å². The SMILES string of the molecule is Cc1c(C(=O)O)c(=O)c(-c2cccc(Cl)c2)cn1C. The van der Waals surface area contributed by atoms with Gasteiger partial charge in [-0.3, -0.25) is 4.79 Å². The van der Waals surface area contributed by atoms with Gasteiger partial charge in [-0.05, 0) is 24.6 Å². The highest BCUT2D eigenvalue weighted by Crippen LogP contribution is 2.21. The lowest BCUT2D eigenvalue weighted by Gasteiger charge is -2.11. The quantitative estimate of drug-likeness (QED) is 0.918. The molecule has 5 heteroatoms. The van der Waals surface area contributed by atoms with Crippen molar-refractivity contribution < 1.29 is 9.90 Å². The van der Waals surface area contributed by atoms with Crippen molar-refractivity contribution >= 4 is 17.6 Å². The van der Waals surface area contributed by atoms with E-state index in [1.54, 1.807) is 49.0 Å². The first-order valence-corrected chi connectivity index (χ1v) is 5.99. The van der Waals surface area contributed by atoms with E-state index in [-0.39, 0.29) is 5.56 Å². The average Bonchev–Trinajstić information content (AvgIpc) is 2.33. The van der Waals surface area contributed by atoms with E-state index >= 15 is 0 Å². The molecule has 0 unspecified atom stereocenters. The molecule has 0 aliphatic carbocycles. The van der Waals surface area contributed by atoms with Crippen molar-refractivity contribution in [3.8, 4) is 11.1 Å². The maximum Gasteiger partial charge on any atom is 0.341 e. The van der Waals surface area contributed by atoms with Gasteiger partial charge in [-0.15, -0.1) is 0 Å². The van der Waals surface area contributed by atoms with Crippen molar-refractivity contribution in [1.29, 1.82) is 0 Å². The predicted molar refractivity (Wildman–Crippen MR) is 73.8 cm³/mol. The van der Waals surface area contributed by atoms with Crippen LogP contribution >= 0.6 is 11.6 Å². The Morgan fingerprint density at radius 2 is 2.05 bits per heavy atom. The van der Waals surface area contributed by atoms with E-state index in [0.29, 0.717) is 21.8 Å². The summed E-state index contributed by atoms with van der Waals surface area (Å²) in [6, 6.07) is 6.78. The van der Waals surface area contributed by atoms with Crippen molar-refractivity contribution in [2.75, 3.05) is 0 Å². The van der Waals surface area contributed by atoms with E-state index in [1.807, 2.05) is 0 Å². The summed E-state index contributed by atoms with van der Waals surface area (Å²) in [5.41, 5.74) is 0.650. The third-order valence-electron chi connectivity index (χ3n) is 3.03. The van der Waals surface area contributed by atoms with E-state index < -0.39 is 11.4 Å². The third kappa shape index (κ3) is 2.39. The molecule has 1 N–H and O–H groups in total. The fourth-order valence-electron chi connectivity index (χ4n) is 1.94.